The van der Waals surface area contributed by atoms with Gasteiger partial charge in [0.2, 0.25) is 0 Å². The van der Waals surface area contributed by atoms with Gasteiger partial charge in [0, 0.05) is 31.7 Å². The topological polar surface area (TPSA) is 32.7 Å². The molecule has 1 rings (SSSR count). The molecule has 0 aromatic rings. The van der Waals surface area contributed by atoms with Gasteiger partial charge in [-0.15, -0.1) is 0 Å². The van der Waals surface area contributed by atoms with Gasteiger partial charge in [-0.3, -0.25) is 4.90 Å². The van der Waals surface area contributed by atoms with Gasteiger partial charge in [-0.2, -0.15) is 0 Å². The molecule has 0 amide bonds. The molecule has 0 saturated carbocycles. The summed E-state index contributed by atoms with van der Waals surface area (Å²) >= 11 is 0. The van der Waals surface area contributed by atoms with E-state index in [0.717, 1.165) is 26.1 Å². The van der Waals surface area contributed by atoms with Gasteiger partial charge in [0.05, 0.1) is 12.2 Å². The SMILES string of the molecule is CCC(C)(CO)CN1C[C@@H](C)O[C@@H](C)C1. The number of aliphatic hydroxyl groups is 1. The maximum atomic E-state index is 9.39. The van der Waals surface area contributed by atoms with E-state index in [2.05, 4.69) is 32.6 Å². The second-order valence-corrected chi connectivity index (χ2v) is 5.27. The van der Waals surface area contributed by atoms with Crippen LogP contribution in [0, 0.1) is 5.41 Å². The normalized spacial score (nSPS) is 32.6. The summed E-state index contributed by atoms with van der Waals surface area (Å²) in [5.74, 6) is 0. The molecule has 0 aliphatic carbocycles. The van der Waals surface area contributed by atoms with Crippen molar-refractivity contribution in [2.75, 3.05) is 26.2 Å². The van der Waals surface area contributed by atoms with Crippen molar-refractivity contribution in [2.45, 2.75) is 46.3 Å². The maximum Gasteiger partial charge on any atom is 0.0678 e. The summed E-state index contributed by atoms with van der Waals surface area (Å²) in [4.78, 5) is 2.42. The largest absolute Gasteiger partial charge is 0.396 e. The number of rotatable bonds is 4. The highest BCUT2D eigenvalue weighted by Gasteiger charge is 2.29. The minimum Gasteiger partial charge on any atom is -0.396 e. The first-order valence-electron chi connectivity index (χ1n) is 5.98. The predicted molar refractivity (Wildman–Crippen MR) is 61.9 cm³/mol. The zero-order valence-corrected chi connectivity index (χ0v) is 10.5. The fourth-order valence-corrected chi connectivity index (χ4v) is 2.23. The van der Waals surface area contributed by atoms with Crippen molar-refractivity contribution < 1.29 is 9.84 Å². The van der Waals surface area contributed by atoms with E-state index in [1.807, 2.05) is 0 Å². The van der Waals surface area contributed by atoms with E-state index in [1.54, 1.807) is 0 Å². The van der Waals surface area contributed by atoms with E-state index in [0.29, 0.717) is 12.2 Å². The molecule has 0 spiro atoms. The van der Waals surface area contributed by atoms with Crippen molar-refractivity contribution in [1.29, 1.82) is 0 Å². The second-order valence-electron chi connectivity index (χ2n) is 5.27. The molecule has 0 radical (unpaired) electrons. The molecule has 0 bridgehead atoms. The van der Waals surface area contributed by atoms with Crippen LogP contribution in [0.4, 0.5) is 0 Å². The first-order chi connectivity index (χ1) is 6.99. The lowest BCUT2D eigenvalue weighted by atomic mass is 9.87. The lowest BCUT2D eigenvalue weighted by Crippen LogP contribution is -2.49. The Bertz CT molecular complexity index is 182. The number of aliphatic hydroxyl groups excluding tert-OH is 1. The summed E-state index contributed by atoms with van der Waals surface area (Å²) in [6.07, 6.45) is 1.64. The van der Waals surface area contributed by atoms with Gasteiger partial charge in [-0.1, -0.05) is 13.8 Å². The molecule has 1 N–H and O–H groups in total. The van der Waals surface area contributed by atoms with Gasteiger partial charge >= 0.3 is 0 Å². The molecule has 1 saturated heterocycles. The molecule has 3 atom stereocenters. The molecule has 15 heavy (non-hydrogen) atoms. The van der Waals surface area contributed by atoms with Crippen LogP contribution in [-0.4, -0.2) is 48.5 Å². The maximum absolute atomic E-state index is 9.39. The number of hydrogen-bond donors (Lipinski definition) is 1. The molecule has 1 heterocycles. The molecular formula is C12H25NO2. The summed E-state index contributed by atoms with van der Waals surface area (Å²) in [5.41, 5.74) is 0.0385. The fourth-order valence-electron chi connectivity index (χ4n) is 2.23. The molecule has 3 heteroatoms. The molecule has 1 unspecified atom stereocenters. The van der Waals surface area contributed by atoms with Gasteiger partial charge in [0.15, 0.2) is 0 Å². The Morgan fingerprint density at radius 1 is 1.33 bits per heavy atom. The van der Waals surface area contributed by atoms with Crippen molar-refractivity contribution in [3.63, 3.8) is 0 Å². The smallest absolute Gasteiger partial charge is 0.0678 e. The van der Waals surface area contributed by atoms with Gasteiger partial charge < -0.3 is 9.84 Å². The van der Waals surface area contributed by atoms with E-state index >= 15 is 0 Å². The molecule has 90 valence electrons. The number of hydrogen-bond acceptors (Lipinski definition) is 3. The summed E-state index contributed by atoms with van der Waals surface area (Å²) in [6, 6.07) is 0. The zero-order valence-electron chi connectivity index (χ0n) is 10.5. The summed E-state index contributed by atoms with van der Waals surface area (Å²) in [7, 11) is 0. The minimum absolute atomic E-state index is 0.0385. The summed E-state index contributed by atoms with van der Waals surface area (Å²) in [5, 5.41) is 9.39. The van der Waals surface area contributed by atoms with E-state index in [1.165, 1.54) is 0 Å². The van der Waals surface area contributed by atoms with Crippen molar-refractivity contribution in [3.8, 4) is 0 Å². The highest BCUT2D eigenvalue weighted by Crippen LogP contribution is 2.23. The lowest BCUT2D eigenvalue weighted by molar-refractivity contribution is -0.0803. The summed E-state index contributed by atoms with van der Waals surface area (Å²) in [6.45, 7) is 11.7. The van der Waals surface area contributed by atoms with Crippen LogP contribution in [-0.2, 0) is 4.74 Å². The highest BCUT2D eigenvalue weighted by molar-refractivity contribution is 4.81. The minimum atomic E-state index is 0.0385. The number of nitrogens with zero attached hydrogens (tertiary/aromatic N) is 1. The molecular weight excluding hydrogens is 190 g/mol. The quantitative estimate of drug-likeness (QED) is 0.771. The Morgan fingerprint density at radius 3 is 2.27 bits per heavy atom. The standard InChI is InChI=1S/C12H25NO2/c1-5-12(4,9-14)8-13-6-10(2)15-11(3)7-13/h10-11,14H,5-9H2,1-4H3/t10-,11+,12?. The third-order valence-corrected chi connectivity index (χ3v) is 3.34. The van der Waals surface area contributed by atoms with Crippen LogP contribution >= 0.6 is 0 Å². The fraction of sp³-hybridized carbons (Fsp3) is 1.00. The van der Waals surface area contributed by atoms with E-state index in [9.17, 15) is 5.11 Å². The van der Waals surface area contributed by atoms with Crippen LogP contribution in [0.5, 0.6) is 0 Å². The van der Waals surface area contributed by atoms with Crippen LogP contribution in [0.2, 0.25) is 0 Å². The van der Waals surface area contributed by atoms with Crippen LogP contribution < -0.4 is 0 Å². The first-order valence-corrected chi connectivity index (χ1v) is 5.98. The average Bonchev–Trinajstić information content (AvgIpc) is 2.16. The van der Waals surface area contributed by atoms with E-state index in [4.69, 9.17) is 4.74 Å². The van der Waals surface area contributed by atoms with Crippen LogP contribution in [0.3, 0.4) is 0 Å². The molecule has 0 aromatic carbocycles. The average molecular weight is 215 g/mol. The zero-order chi connectivity index (χ0) is 11.5. The number of ether oxygens (including phenoxy) is 1. The Labute approximate surface area is 93.4 Å². The monoisotopic (exact) mass is 215 g/mol. The van der Waals surface area contributed by atoms with Crippen molar-refractivity contribution in [3.05, 3.63) is 0 Å². The molecule has 1 aliphatic heterocycles. The molecule has 1 aliphatic rings. The Kier molecular flexibility index (Phi) is 4.56. The molecule has 3 nitrogen and oxygen atoms in total. The van der Waals surface area contributed by atoms with Gasteiger partial charge in [-0.25, -0.2) is 0 Å². The Hall–Kier alpha value is -0.120. The third kappa shape index (κ3) is 3.74. The van der Waals surface area contributed by atoms with Gasteiger partial charge in [0.1, 0.15) is 0 Å². The molecule has 1 fully saturated rings. The Morgan fingerprint density at radius 2 is 1.87 bits per heavy atom. The third-order valence-electron chi connectivity index (χ3n) is 3.34. The van der Waals surface area contributed by atoms with E-state index < -0.39 is 0 Å². The van der Waals surface area contributed by atoms with Gasteiger partial charge in [0.25, 0.3) is 0 Å². The first kappa shape index (κ1) is 12.9. The molecule has 0 aromatic heterocycles. The second kappa shape index (κ2) is 5.28. The predicted octanol–water partition coefficient (Wildman–Crippen LogP) is 1.50. The lowest BCUT2D eigenvalue weighted by Gasteiger charge is -2.40. The Balaban J connectivity index is 2.49. The number of morpholine rings is 1. The van der Waals surface area contributed by atoms with Crippen LogP contribution in [0.1, 0.15) is 34.1 Å². The highest BCUT2D eigenvalue weighted by atomic mass is 16.5. The van der Waals surface area contributed by atoms with Crippen molar-refractivity contribution in [1.82, 2.24) is 4.90 Å². The summed E-state index contributed by atoms with van der Waals surface area (Å²) < 4.78 is 5.69. The van der Waals surface area contributed by atoms with Crippen LogP contribution in [0.25, 0.3) is 0 Å². The van der Waals surface area contributed by atoms with Crippen molar-refractivity contribution in [2.24, 2.45) is 5.41 Å². The van der Waals surface area contributed by atoms with Gasteiger partial charge in [-0.05, 0) is 20.3 Å². The van der Waals surface area contributed by atoms with Crippen molar-refractivity contribution >= 4 is 0 Å². The van der Waals surface area contributed by atoms with Crippen LogP contribution in [0.15, 0.2) is 0 Å². The van der Waals surface area contributed by atoms with E-state index in [-0.39, 0.29) is 12.0 Å².